The van der Waals surface area contributed by atoms with Gasteiger partial charge >= 0.3 is 11.9 Å². The molecule has 0 heterocycles. The first-order chi connectivity index (χ1) is 8.50. The maximum atomic E-state index is 11.6. The van der Waals surface area contributed by atoms with E-state index in [9.17, 15) is 14.4 Å². The summed E-state index contributed by atoms with van der Waals surface area (Å²) in [6.07, 6.45) is 0.201. The number of aliphatic carboxylic acids is 1. The van der Waals surface area contributed by atoms with Crippen molar-refractivity contribution in [1.29, 1.82) is 0 Å². The molecule has 3 N–H and O–H groups in total. The lowest BCUT2D eigenvalue weighted by Gasteiger charge is -2.31. The van der Waals surface area contributed by atoms with Gasteiger partial charge in [0.25, 0.3) is 0 Å². The molecule has 0 aliphatic heterocycles. The van der Waals surface area contributed by atoms with Gasteiger partial charge in [-0.3, -0.25) is 14.4 Å². The van der Waals surface area contributed by atoms with E-state index in [1.165, 1.54) is 0 Å². The molecule has 0 aromatic carbocycles. The van der Waals surface area contributed by atoms with Gasteiger partial charge < -0.3 is 15.6 Å². The lowest BCUT2D eigenvalue weighted by Crippen LogP contribution is -2.37. The zero-order valence-electron chi connectivity index (χ0n) is 12.0. The standard InChI is InChI=1S/C13H23NO5/c1-12(2,11(17)18)8-13(3,4)19-10(16)6-5-9(15)7-14/h5-8,14H2,1-4H3,(H,17,18). The van der Waals surface area contributed by atoms with Gasteiger partial charge in [0, 0.05) is 12.8 Å². The van der Waals surface area contributed by atoms with Gasteiger partial charge in [0.1, 0.15) is 11.4 Å². The quantitative estimate of drug-likeness (QED) is 0.642. The summed E-state index contributed by atoms with van der Waals surface area (Å²) in [7, 11) is 0. The molecule has 6 heteroatoms. The SMILES string of the molecule is CC(C)(CC(C)(C)C(=O)O)OC(=O)CCC(=O)CN. The van der Waals surface area contributed by atoms with Crippen LogP contribution in [0, 0.1) is 5.41 Å². The number of esters is 1. The number of ketones is 1. The molecule has 0 bridgehead atoms. The Morgan fingerprint density at radius 3 is 2.05 bits per heavy atom. The number of nitrogens with two attached hydrogens (primary N) is 1. The summed E-state index contributed by atoms with van der Waals surface area (Å²) in [6, 6.07) is 0. The molecular weight excluding hydrogens is 250 g/mol. The summed E-state index contributed by atoms with van der Waals surface area (Å²) in [4.78, 5) is 33.6. The van der Waals surface area contributed by atoms with Crippen molar-refractivity contribution in [2.45, 2.75) is 52.6 Å². The van der Waals surface area contributed by atoms with Gasteiger partial charge in [-0.15, -0.1) is 0 Å². The highest BCUT2D eigenvalue weighted by Crippen LogP contribution is 2.30. The van der Waals surface area contributed by atoms with Gasteiger partial charge in [-0.25, -0.2) is 0 Å². The van der Waals surface area contributed by atoms with E-state index in [1.807, 2.05) is 0 Å². The third-order valence-corrected chi connectivity index (χ3v) is 2.67. The number of carboxylic acid groups (broad SMARTS) is 1. The number of carboxylic acids is 1. The largest absolute Gasteiger partial charge is 0.481 e. The topological polar surface area (TPSA) is 107 Å². The zero-order valence-corrected chi connectivity index (χ0v) is 12.0. The van der Waals surface area contributed by atoms with E-state index in [0.717, 1.165) is 0 Å². The Balaban J connectivity index is 4.40. The molecule has 0 amide bonds. The van der Waals surface area contributed by atoms with Crippen LogP contribution in [-0.4, -0.2) is 35.0 Å². The molecule has 0 aromatic rings. The lowest BCUT2D eigenvalue weighted by atomic mass is 9.82. The summed E-state index contributed by atoms with van der Waals surface area (Å²) in [5.41, 5.74) is 3.25. The number of rotatable bonds is 8. The molecular formula is C13H23NO5. The first-order valence-electron chi connectivity index (χ1n) is 6.17. The molecule has 110 valence electrons. The van der Waals surface area contributed by atoms with E-state index in [2.05, 4.69) is 0 Å². The van der Waals surface area contributed by atoms with Crippen LogP contribution >= 0.6 is 0 Å². The average molecular weight is 273 g/mol. The Morgan fingerprint density at radius 1 is 1.11 bits per heavy atom. The van der Waals surface area contributed by atoms with Gasteiger partial charge in [-0.05, 0) is 27.7 Å². The first-order valence-corrected chi connectivity index (χ1v) is 6.17. The van der Waals surface area contributed by atoms with Gasteiger partial charge in [0.2, 0.25) is 0 Å². The summed E-state index contributed by atoms with van der Waals surface area (Å²) in [6.45, 7) is 6.36. The third kappa shape index (κ3) is 6.91. The number of carbonyl (C=O) groups excluding carboxylic acids is 2. The third-order valence-electron chi connectivity index (χ3n) is 2.67. The van der Waals surface area contributed by atoms with E-state index in [1.54, 1.807) is 27.7 Å². The Bertz CT molecular complexity index is 360. The highest BCUT2D eigenvalue weighted by atomic mass is 16.6. The Labute approximate surface area is 113 Å². The van der Waals surface area contributed by atoms with E-state index in [-0.39, 0.29) is 31.6 Å². The number of hydrogen-bond acceptors (Lipinski definition) is 5. The monoisotopic (exact) mass is 273 g/mol. The van der Waals surface area contributed by atoms with Crippen molar-refractivity contribution in [3.05, 3.63) is 0 Å². The van der Waals surface area contributed by atoms with E-state index in [4.69, 9.17) is 15.6 Å². The molecule has 0 radical (unpaired) electrons. The summed E-state index contributed by atoms with van der Waals surface area (Å²) < 4.78 is 5.22. The molecule has 0 aromatic heterocycles. The lowest BCUT2D eigenvalue weighted by molar-refractivity contribution is -0.165. The molecule has 0 saturated heterocycles. The Kier molecular flexibility index (Phi) is 6.15. The van der Waals surface area contributed by atoms with Crippen molar-refractivity contribution < 1.29 is 24.2 Å². The normalized spacial score (nSPS) is 12.1. The zero-order chi connectivity index (χ0) is 15.3. The van der Waals surface area contributed by atoms with Crippen LogP contribution in [0.15, 0.2) is 0 Å². The van der Waals surface area contributed by atoms with Gasteiger partial charge in [-0.2, -0.15) is 0 Å². The van der Waals surface area contributed by atoms with Crippen LogP contribution in [0.1, 0.15) is 47.0 Å². The van der Waals surface area contributed by atoms with Gasteiger partial charge in [-0.1, -0.05) is 0 Å². The maximum Gasteiger partial charge on any atom is 0.309 e. The minimum Gasteiger partial charge on any atom is -0.481 e. The van der Waals surface area contributed by atoms with Gasteiger partial charge in [0.05, 0.1) is 18.4 Å². The van der Waals surface area contributed by atoms with Crippen LogP contribution in [0.3, 0.4) is 0 Å². The first kappa shape index (κ1) is 17.6. The fraction of sp³-hybridized carbons (Fsp3) is 0.769. The number of hydrogen-bond donors (Lipinski definition) is 2. The van der Waals surface area contributed by atoms with E-state index in [0.29, 0.717) is 0 Å². The van der Waals surface area contributed by atoms with Crippen LogP contribution < -0.4 is 5.73 Å². The van der Waals surface area contributed by atoms with Crippen LogP contribution in [0.2, 0.25) is 0 Å². The molecule has 19 heavy (non-hydrogen) atoms. The molecule has 0 saturated carbocycles. The molecule has 0 atom stereocenters. The van der Waals surface area contributed by atoms with Crippen molar-refractivity contribution in [2.24, 2.45) is 11.1 Å². The molecule has 0 aliphatic carbocycles. The molecule has 6 nitrogen and oxygen atoms in total. The summed E-state index contributed by atoms with van der Waals surface area (Å²) in [5.74, 6) is -1.68. The number of carbonyl (C=O) groups is 3. The van der Waals surface area contributed by atoms with Crippen LogP contribution in [0.25, 0.3) is 0 Å². The Morgan fingerprint density at radius 2 is 1.63 bits per heavy atom. The fourth-order valence-electron chi connectivity index (χ4n) is 1.88. The second-order valence-electron chi connectivity index (χ2n) is 5.84. The predicted molar refractivity (Wildman–Crippen MR) is 69.5 cm³/mol. The molecule has 0 fully saturated rings. The molecule has 0 unspecified atom stereocenters. The van der Waals surface area contributed by atoms with Crippen LogP contribution in [0.4, 0.5) is 0 Å². The van der Waals surface area contributed by atoms with Crippen molar-refractivity contribution >= 4 is 17.7 Å². The van der Waals surface area contributed by atoms with Gasteiger partial charge in [0.15, 0.2) is 0 Å². The summed E-state index contributed by atoms with van der Waals surface area (Å²) in [5, 5.41) is 9.05. The fourth-order valence-corrected chi connectivity index (χ4v) is 1.88. The van der Waals surface area contributed by atoms with Crippen molar-refractivity contribution in [3.8, 4) is 0 Å². The highest BCUT2D eigenvalue weighted by molar-refractivity contribution is 5.84. The molecule has 0 spiro atoms. The van der Waals surface area contributed by atoms with Crippen molar-refractivity contribution in [2.75, 3.05) is 6.54 Å². The van der Waals surface area contributed by atoms with Crippen LogP contribution in [0.5, 0.6) is 0 Å². The molecule has 0 rings (SSSR count). The predicted octanol–water partition coefficient (Wildman–Crippen LogP) is 1.12. The smallest absolute Gasteiger partial charge is 0.309 e. The Hall–Kier alpha value is -1.43. The highest BCUT2D eigenvalue weighted by Gasteiger charge is 2.36. The van der Waals surface area contributed by atoms with Crippen molar-refractivity contribution in [1.82, 2.24) is 0 Å². The van der Waals surface area contributed by atoms with E-state index >= 15 is 0 Å². The second-order valence-corrected chi connectivity index (χ2v) is 5.84. The second kappa shape index (κ2) is 6.65. The van der Waals surface area contributed by atoms with Crippen LogP contribution in [-0.2, 0) is 19.1 Å². The van der Waals surface area contributed by atoms with Crippen molar-refractivity contribution in [3.63, 3.8) is 0 Å². The minimum atomic E-state index is -0.989. The summed E-state index contributed by atoms with van der Waals surface area (Å²) >= 11 is 0. The maximum absolute atomic E-state index is 11.6. The number of ether oxygens (including phenoxy) is 1. The number of Topliss-reactive ketones (excluding diaryl/α,β-unsaturated/α-hetero) is 1. The molecule has 0 aliphatic rings. The van der Waals surface area contributed by atoms with E-state index < -0.39 is 23.0 Å². The average Bonchev–Trinajstić information content (AvgIpc) is 2.23. The minimum absolute atomic E-state index is 0.0348.